The van der Waals surface area contributed by atoms with Crippen molar-refractivity contribution in [2.45, 2.75) is 37.4 Å². The van der Waals surface area contributed by atoms with Crippen LogP contribution in [0.5, 0.6) is 0 Å². The fraction of sp³-hybridized carbons (Fsp3) is 0.400. The lowest BCUT2D eigenvalue weighted by atomic mass is 9.87. The van der Waals surface area contributed by atoms with Crippen LogP contribution in [-0.4, -0.2) is 60.1 Å². The molecule has 2 aromatic carbocycles. The summed E-state index contributed by atoms with van der Waals surface area (Å²) in [7, 11) is 1.36. The Hall–Kier alpha value is -2.91. The lowest BCUT2D eigenvalue weighted by molar-refractivity contribution is -0.133. The molecule has 1 atom stereocenters. The molecule has 4 amide bonds. The number of rotatable bonds is 7. The maximum Gasteiger partial charge on any atom is 0.407 e. The number of hydrogen-bond acceptors (Lipinski definition) is 5. The molecule has 0 aliphatic carbocycles. The number of imide groups is 1. The summed E-state index contributed by atoms with van der Waals surface area (Å²) in [6, 6.07) is 16.9. The molecule has 1 spiro atoms. The van der Waals surface area contributed by atoms with E-state index in [0.29, 0.717) is 32.4 Å². The van der Waals surface area contributed by atoms with Gasteiger partial charge in [-0.05, 0) is 42.5 Å². The largest absolute Gasteiger partial charge is 0.453 e. The zero-order chi connectivity index (χ0) is 24.1. The lowest BCUT2D eigenvalue weighted by Gasteiger charge is -2.37. The van der Waals surface area contributed by atoms with E-state index >= 15 is 0 Å². The minimum atomic E-state index is -0.827. The summed E-state index contributed by atoms with van der Waals surface area (Å²) in [6.45, 7) is 2.40. The van der Waals surface area contributed by atoms with E-state index < -0.39 is 11.6 Å². The van der Waals surface area contributed by atoms with Crippen LogP contribution < -0.4 is 10.6 Å². The molecule has 2 aliphatic heterocycles. The molecule has 2 N–H and O–H groups in total. The number of hydrogen-bond donors (Lipinski definition) is 2. The van der Waals surface area contributed by atoms with Gasteiger partial charge in [0.15, 0.2) is 0 Å². The molecule has 0 aromatic heterocycles. The highest BCUT2D eigenvalue weighted by Gasteiger charge is 2.52. The lowest BCUT2D eigenvalue weighted by Crippen LogP contribution is -2.55. The van der Waals surface area contributed by atoms with Crippen LogP contribution in [0.15, 0.2) is 59.1 Å². The Balaban J connectivity index is 1.34. The summed E-state index contributed by atoms with van der Waals surface area (Å²) in [5, 5.41) is 5.88. The van der Waals surface area contributed by atoms with Crippen LogP contribution in [0.4, 0.5) is 9.59 Å². The molecular weight excluding hydrogens is 500 g/mol. The van der Waals surface area contributed by atoms with Crippen molar-refractivity contribution in [3.63, 3.8) is 0 Å². The van der Waals surface area contributed by atoms with Gasteiger partial charge in [-0.2, -0.15) is 0 Å². The normalized spacial score (nSPS) is 18.6. The molecule has 4 rings (SSSR count). The molecule has 34 heavy (non-hydrogen) atoms. The van der Waals surface area contributed by atoms with Gasteiger partial charge >= 0.3 is 12.1 Å². The van der Waals surface area contributed by atoms with Gasteiger partial charge in [-0.3, -0.25) is 9.69 Å². The SMILES string of the molecule is COC(=O)NC(CCN1CCC2(CC1)NC(=O)N(Cc1ccc(Br)cc1)C2=O)c1ccccc1. The monoisotopic (exact) mass is 528 g/mol. The van der Waals surface area contributed by atoms with Crippen LogP contribution >= 0.6 is 15.9 Å². The molecule has 1 unspecified atom stereocenters. The fourth-order valence-electron chi connectivity index (χ4n) is 4.61. The molecule has 2 aliphatic rings. The molecule has 9 heteroatoms. The molecule has 2 aromatic rings. The second-order valence-corrected chi connectivity index (χ2v) is 9.68. The molecular formula is C25H29BrN4O4. The number of carbonyl (C=O) groups excluding carboxylic acids is 3. The van der Waals surface area contributed by atoms with Crippen LogP contribution in [0, 0.1) is 0 Å². The number of halogens is 1. The van der Waals surface area contributed by atoms with Gasteiger partial charge in [0.25, 0.3) is 5.91 Å². The minimum Gasteiger partial charge on any atom is -0.453 e. The number of carbonyl (C=O) groups is 3. The maximum absolute atomic E-state index is 13.2. The van der Waals surface area contributed by atoms with Crippen LogP contribution in [-0.2, 0) is 16.1 Å². The second-order valence-electron chi connectivity index (χ2n) is 8.76. The van der Waals surface area contributed by atoms with E-state index in [0.717, 1.165) is 22.1 Å². The summed E-state index contributed by atoms with van der Waals surface area (Å²) >= 11 is 3.40. The van der Waals surface area contributed by atoms with Gasteiger partial charge in [-0.25, -0.2) is 9.59 Å². The first-order valence-corrected chi connectivity index (χ1v) is 12.2. The van der Waals surface area contributed by atoms with Gasteiger partial charge in [-0.15, -0.1) is 0 Å². The molecule has 180 valence electrons. The summed E-state index contributed by atoms with van der Waals surface area (Å²) in [5.74, 6) is -0.144. The predicted octanol–water partition coefficient (Wildman–Crippen LogP) is 3.82. The third kappa shape index (κ3) is 5.42. The smallest absolute Gasteiger partial charge is 0.407 e. The summed E-state index contributed by atoms with van der Waals surface area (Å²) < 4.78 is 5.74. The number of nitrogens with zero attached hydrogens (tertiary/aromatic N) is 2. The van der Waals surface area contributed by atoms with Crippen molar-refractivity contribution in [1.82, 2.24) is 20.4 Å². The maximum atomic E-state index is 13.2. The molecule has 0 radical (unpaired) electrons. The number of alkyl carbamates (subject to hydrolysis) is 1. The topological polar surface area (TPSA) is 91.0 Å². The highest BCUT2D eigenvalue weighted by Crippen LogP contribution is 2.31. The summed E-state index contributed by atoms with van der Waals surface area (Å²) in [6.07, 6.45) is 1.38. The molecule has 0 saturated carbocycles. The van der Waals surface area contributed by atoms with Crippen molar-refractivity contribution in [3.05, 3.63) is 70.2 Å². The molecule has 8 nitrogen and oxygen atoms in total. The van der Waals surface area contributed by atoms with Crippen molar-refractivity contribution in [2.24, 2.45) is 0 Å². The minimum absolute atomic E-state index is 0.144. The zero-order valence-corrected chi connectivity index (χ0v) is 20.7. The summed E-state index contributed by atoms with van der Waals surface area (Å²) in [4.78, 5) is 41.3. The Morgan fingerprint density at radius 1 is 1.12 bits per heavy atom. The van der Waals surface area contributed by atoms with Crippen LogP contribution in [0.2, 0.25) is 0 Å². The highest BCUT2D eigenvalue weighted by atomic mass is 79.9. The Labute approximate surface area is 207 Å². The van der Waals surface area contributed by atoms with E-state index in [-0.39, 0.29) is 24.5 Å². The number of methoxy groups -OCH3 is 1. The Kier molecular flexibility index (Phi) is 7.53. The zero-order valence-electron chi connectivity index (χ0n) is 19.1. The fourth-order valence-corrected chi connectivity index (χ4v) is 4.87. The van der Waals surface area contributed by atoms with E-state index in [1.54, 1.807) is 0 Å². The Bertz CT molecular complexity index is 1020. The van der Waals surface area contributed by atoms with E-state index in [9.17, 15) is 14.4 Å². The molecule has 2 heterocycles. The number of nitrogens with one attached hydrogen (secondary N) is 2. The number of piperidine rings is 1. The molecule has 2 saturated heterocycles. The van der Waals surface area contributed by atoms with Crippen molar-refractivity contribution < 1.29 is 19.1 Å². The Morgan fingerprint density at radius 3 is 2.44 bits per heavy atom. The van der Waals surface area contributed by atoms with E-state index in [1.165, 1.54) is 12.0 Å². The van der Waals surface area contributed by atoms with Gasteiger partial charge in [0.05, 0.1) is 19.7 Å². The number of likely N-dealkylation sites (tertiary alicyclic amines) is 1. The predicted molar refractivity (Wildman–Crippen MR) is 131 cm³/mol. The van der Waals surface area contributed by atoms with E-state index in [4.69, 9.17) is 4.74 Å². The van der Waals surface area contributed by atoms with E-state index in [2.05, 4.69) is 31.5 Å². The van der Waals surface area contributed by atoms with Gasteiger partial charge in [-0.1, -0.05) is 58.4 Å². The average Bonchev–Trinajstić information content (AvgIpc) is 3.08. The number of urea groups is 1. The van der Waals surface area contributed by atoms with Crippen molar-refractivity contribution in [3.8, 4) is 0 Å². The Morgan fingerprint density at radius 2 is 1.79 bits per heavy atom. The third-order valence-electron chi connectivity index (χ3n) is 6.62. The number of ether oxygens (including phenoxy) is 1. The summed E-state index contributed by atoms with van der Waals surface area (Å²) in [5.41, 5.74) is 1.10. The van der Waals surface area contributed by atoms with Crippen molar-refractivity contribution in [2.75, 3.05) is 26.7 Å². The second kappa shape index (κ2) is 10.6. The van der Waals surface area contributed by atoms with Crippen LogP contribution in [0.1, 0.15) is 36.4 Å². The van der Waals surface area contributed by atoms with Crippen molar-refractivity contribution >= 4 is 34.0 Å². The van der Waals surface area contributed by atoms with Crippen LogP contribution in [0.25, 0.3) is 0 Å². The molecule has 0 bridgehead atoms. The van der Waals surface area contributed by atoms with E-state index in [1.807, 2.05) is 54.6 Å². The van der Waals surface area contributed by atoms with Crippen molar-refractivity contribution in [1.29, 1.82) is 0 Å². The number of benzene rings is 2. The quantitative estimate of drug-likeness (QED) is 0.533. The first kappa shape index (κ1) is 24.2. The van der Waals surface area contributed by atoms with Gasteiger partial charge < -0.3 is 20.3 Å². The first-order valence-electron chi connectivity index (χ1n) is 11.4. The number of amides is 4. The first-order chi connectivity index (χ1) is 16.4. The average molecular weight is 529 g/mol. The van der Waals surface area contributed by atoms with Gasteiger partial charge in [0.2, 0.25) is 0 Å². The van der Waals surface area contributed by atoms with Gasteiger partial charge in [0, 0.05) is 24.1 Å². The highest BCUT2D eigenvalue weighted by molar-refractivity contribution is 9.10. The van der Waals surface area contributed by atoms with Gasteiger partial charge in [0.1, 0.15) is 5.54 Å². The standard InChI is InChI=1S/C25H29BrN4O4/c1-34-24(33)27-21(19-5-3-2-4-6-19)11-14-29-15-12-25(13-16-29)22(31)30(23(32)28-25)17-18-7-9-20(26)10-8-18/h2-10,21H,11-17H2,1H3,(H,27,33)(H,28,32). The third-order valence-corrected chi connectivity index (χ3v) is 7.15. The molecule has 2 fully saturated rings. The van der Waals surface area contributed by atoms with Crippen LogP contribution in [0.3, 0.4) is 0 Å².